The van der Waals surface area contributed by atoms with Gasteiger partial charge in [0.1, 0.15) is 5.82 Å². The number of halogens is 1. The number of likely N-dealkylation sites (tertiary alicyclic amines) is 1. The van der Waals surface area contributed by atoms with Crippen LogP contribution in [0.3, 0.4) is 0 Å². The van der Waals surface area contributed by atoms with Gasteiger partial charge in [0.2, 0.25) is 5.91 Å². The summed E-state index contributed by atoms with van der Waals surface area (Å²) in [6.07, 6.45) is 5.90. The monoisotopic (exact) mass is 334 g/mol. The molecule has 1 aliphatic carbocycles. The van der Waals surface area contributed by atoms with Crippen LogP contribution in [-0.2, 0) is 11.3 Å². The van der Waals surface area contributed by atoms with Gasteiger partial charge in [0, 0.05) is 13.1 Å². The van der Waals surface area contributed by atoms with Crippen LogP contribution in [0.25, 0.3) is 0 Å². The number of aliphatic hydroxyl groups is 1. The summed E-state index contributed by atoms with van der Waals surface area (Å²) in [6, 6.07) is 6.31. The second-order valence-electron chi connectivity index (χ2n) is 7.11. The predicted molar refractivity (Wildman–Crippen MR) is 90.8 cm³/mol. The van der Waals surface area contributed by atoms with Gasteiger partial charge in [-0.15, -0.1) is 0 Å². The number of carbonyl (C=O) groups excluding carboxylic acids is 1. The molecule has 0 spiro atoms. The Morgan fingerprint density at radius 3 is 2.62 bits per heavy atom. The highest BCUT2D eigenvalue weighted by atomic mass is 19.1. The van der Waals surface area contributed by atoms with Gasteiger partial charge >= 0.3 is 0 Å². The van der Waals surface area contributed by atoms with E-state index in [1.807, 2.05) is 0 Å². The fourth-order valence-corrected chi connectivity index (χ4v) is 3.97. The third kappa shape index (κ3) is 4.33. The number of carbonyl (C=O) groups is 1. The average molecular weight is 334 g/mol. The lowest BCUT2D eigenvalue weighted by Crippen LogP contribution is -2.46. The Morgan fingerprint density at radius 1 is 1.21 bits per heavy atom. The van der Waals surface area contributed by atoms with Crippen molar-refractivity contribution >= 4 is 5.91 Å². The van der Waals surface area contributed by atoms with Crippen LogP contribution < -0.4 is 5.32 Å². The van der Waals surface area contributed by atoms with Crippen LogP contribution in [0.2, 0.25) is 0 Å². The number of rotatable bonds is 6. The fourth-order valence-electron chi connectivity index (χ4n) is 3.97. The van der Waals surface area contributed by atoms with Crippen LogP contribution in [0.5, 0.6) is 0 Å². The van der Waals surface area contributed by atoms with Gasteiger partial charge in [-0.2, -0.15) is 0 Å². The lowest BCUT2D eigenvalue weighted by atomic mass is 10.0. The van der Waals surface area contributed by atoms with E-state index in [9.17, 15) is 14.3 Å². The van der Waals surface area contributed by atoms with Crippen LogP contribution in [0, 0.1) is 11.7 Å². The van der Waals surface area contributed by atoms with E-state index in [-0.39, 0.29) is 17.8 Å². The van der Waals surface area contributed by atoms with Crippen molar-refractivity contribution in [1.82, 2.24) is 10.2 Å². The van der Waals surface area contributed by atoms with Crippen molar-refractivity contribution < 1.29 is 14.3 Å². The van der Waals surface area contributed by atoms with Gasteiger partial charge in [-0.1, -0.05) is 25.0 Å². The Morgan fingerprint density at radius 2 is 1.92 bits per heavy atom. The lowest BCUT2D eigenvalue weighted by molar-refractivity contribution is -0.126. The summed E-state index contributed by atoms with van der Waals surface area (Å²) in [5.74, 6) is 0.103. The molecule has 2 unspecified atom stereocenters. The molecule has 1 aliphatic heterocycles. The molecule has 24 heavy (non-hydrogen) atoms. The first kappa shape index (κ1) is 17.4. The number of nitrogens with zero attached hydrogens (tertiary/aromatic N) is 1. The Labute approximate surface area is 143 Å². The number of hydrogen-bond acceptors (Lipinski definition) is 3. The molecule has 1 aromatic rings. The average Bonchev–Trinajstić information content (AvgIpc) is 3.26. The van der Waals surface area contributed by atoms with Gasteiger partial charge in [0.05, 0.1) is 12.1 Å². The van der Waals surface area contributed by atoms with Crippen molar-refractivity contribution in [3.63, 3.8) is 0 Å². The Kier molecular flexibility index (Phi) is 5.85. The maximum Gasteiger partial charge on any atom is 0.237 e. The third-order valence-corrected chi connectivity index (χ3v) is 5.39. The van der Waals surface area contributed by atoms with Crippen LogP contribution >= 0.6 is 0 Å². The van der Waals surface area contributed by atoms with E-state index in [1.165, 1.54) is 25.0 Å². The van der Waals surface area contributed by atoms with E-state index in [2.05, 4.69) is 10.2 Å². The van der Waals surface area contributed by atoms with Crippen molar-refractivity contribution in [3.8, 4) is 0 Å². The molecule has 5 heteroatoms. The van der Waals surface area contributed by atoms with Crippen molar-refractivity contribution in [3.05, 3.63) is 35.6 Å². The normalized spacial score (nSPS) is 23.5. The van der Waals surface area contributed by atoms with Crippen LogP contribution in [0.4, 0.5) is 4.39 Å². The maximum atomic E-state index is 13.0. The number of benzene rings is 1. The molecule has 2 atom stereocenters. The van der Waals surface area contributed by atoms with E-state index in [0.717, 1.165) is 37.8 Å². The molecule has 1 aromatic carbocycles. The van der Waals surface area contributed by atoms with Gasteiger partial charge in [-0.05, 0) is 55.8 Å². The first-order valence-electron chi connectivity index (χ1n) is 9.08. The van der Waals surface area contributed by atoms with E-state index in [4.69, 9.17) is 0 Å². The van der Waals surface area contributed by atoms with Crippen LogP contribution in [0.15, 0.2) is 24.3 Å². The Bertz CT molecular complexity index is 543. The minimum Gasteiger partial charge on any atom is -0.391 e. The molecule has 0 aromatic heterocycles. The Balaban J connectivity index is 1.50. The molecular weight excluding hydrogens is 307 g/mol. The van der Waals surface area contributed by atoms with Gasteiger partial charge in [0.25, 0.3) is 0 Å². The highest BCUT2D eigenvalue weighted by molar-refractivity contribution is 5.82. The van der Waals surface area contributed by atoms with Crippen molar-refractivity contribution in [2.24, 2.45) is 5.92 Å². The number of hydrogen-bond donors (Lipinski definition) is 2. The third-order valence-electron chi connectivity index (χ3n) is 5.39. The molecule has 132 valence electrons. The first-order valence-corrected chi connectivity index (χ1v) is 9.08. The van der Waals surface area contributed by atoms with Gasteiger partial charge in [-0.25, -0.2) is 4.39 Å². The van der Waals surface area contributed by atoms with E-state index >= 15 is 0 Å². The molecule has 1 heterocycles. The summed E-state index contributed by atoms with van der Waals surface area (Å²) in [5, 5.41) is 13.1. The van der Waals surface area contributed by atoms with Crippen molar-refractivity contribution in [2.45, 2.75) is 57.2 Å². The molecule has 0 bridgehead atoms. The summed E-state index contributed by atoms with van der Waals surface area (Å²) in [4.78, 5) is 14.6. The van der Waals surface area contributed by atoms with Gasteiger partial charge in [-0.3, -0.25) is 9.69 Å². The minimum absolute atomic E-state index is 0.00617. The van der Waals surface area contributed by atoms with E-state index < -0.39 is 6.10 Å². The maximum absolute atomic E-state index is 13.0. The molecule has 1 saturated carbocycles. The second-order valence-corrected chi connectivity index (χ2v) is 7.11. The molecule has 2 aliphatic rings. The van der Waals surface area contributed by atoms with Crippen molar-refractivity contribution in [1.29, 1.82) is 0 Å². The number of nitrogens with one attached hydrogen (secondary N) is 1. The van der Waals surface area contributed by atoms with E-state index in [0.29, 0.717) is 19.0 Å². The molecule has 0 radical (unpaired) electrons. The summed E-state index contributed by atoms with van der Waals surface area (Å²) >= 11 is 0. The highest BCUT2D eigenvalue weighted by Gasteiger charge is 2.31. The standard InChI is InChI=1S/C19H27FN2O2/c20-16-9-7-14(8-10-16)13-22-11-3-6-17(22)19(24)21-12-18(23)15-4-1-2-5-15/h7-10,15,17-18,23H,1-6,11-13H2,(H,21,24). The summed E-state index contributed by atoms with van der Waals surface area (Å²) in [6.45, 7) is 1.88. The zero-order valence-electron chi connectivity index (χ0n) is 14.1. The molecule has 4 nitrogen and oxygen atoms in total. The highest BCUT2D eigenvalue weighted by Crippen LogP contribution is 2.27. The molecule has 2 fully saturated rings. The SMILES string of the molecule is O=C(NCC(O)C1CCCC1)C1CCCN1Cc1ccc(F)cc1. The fraction of sp³-hybridized carbons (Fsp3) is 0.632. The summed E-state index contributed by atoms with van der Waals surface area (Å²) < 4.78 is 13.0. The lowest BCUT2D eigenvalue weighted by Gasteiger charge is -2.25. The first-order chi connectivity index (χ1) is 11.6. The van der Waals surface area contributed by atoms with Crippen LogP contribution in [0.1, 0.15) is 44.1 Å². The van der Waals surface area contributed by atoms with Crippen molar-refractivity contribution in [2.75, 3.05) is 13.1 Å². The quantitative estimate of drug-likeness (QED) is 0.840. The number of amides is 1. The molecule has 3 rings (SSSR count). The molecule has 2 N–H and O–H groups in total. The smallest absolute Gasteiger partial charge is 0.237 e. The van der Waals surface area contributed by atoms with E-state index in [1.54, 1.807) is 12.1 Å². The summed E-state index contributed by atoms with van der Waals surface area (Å²) in [5.41, 5.74) is 1.02. The molecule has 1 saturated heterocycles. The number of aliphatic hydroxyl groups excluding tert-OH is 1. The summed E-state index contributed by atoms with van der Waals surface area (Å²) in [7, 11) is 0. The topological polar surface area (TPSA) is 52.6 Å². The largest absolute Gasteiger partial charge is 0.391 e. The minimum atomic E-state index is -0.427. The van der Waals surface area contributed by atoms with Gasteiger partial charge in [0.15, 0.2) is 0 Å². The van der Waals surface area contributed by atoms with Crippen LogP contribution in [-0.4, -0.2) is 41.1 Å². The molecule has 1 amide bonds. The zero-order chi connectivity index (χ0) is 16.9. The predicted octanol–water partition coefficient (Wildman–Crippen LogP) is 2.46. The van der Waals surface area contributed by atoms with Gasteiger partial charge < -0.3 is 10.4 Å². The second kappa shape index (κ2) is 8.08. The Hall–Kier alpha value is -1.46. The zero-order valence-corrected chi connectivity index (χ0v) is 14.1. The molecular formula is C19H27FN2O2.